The molecule has 0 aromatic rings. The normalized spacial score (nSPS) is 10.5. The van der Waals surface area contributed by atoms with Gasteiger partial charge in [0, 0.05) is 18.7 Å². The quantitative estimate of drug-likeness (QED) is 0.373. The Kier molecular flexibility index (Phi) is 8.18. The van der Waals surface area contributed by atoms with Gasteiger partial charge in [0.05, 0.1) is 0 Å². The molecule has 78 valence electrons. The van der Waals surface area contributed by atoms with Gasteiger partial charge in [-0.25, -0.2) is 0 Å². The summed E-state index contributed by atoms with van der Waals surface area (Å²) in [5.74, 6) is 0.801. The second-order valence-corrected chi connectivity index (χ2v) is 4.16. The molecule has 0 saturated heterocycles. The Labute approximate surface area is 83.9 Å². The molecule has 0 amide bonds. The van der Waals surface area contributed by atoms with Gasteiger partial charge in [0.15, 0.2) is 0 Å². The largest absolute Gasteiger partial charge is 0.464 e. The average molecular weight is 206 g/mol. The van der Waals surface area contributed by atoms with Gasteiger partial charge in [-0.15, -0.1) is 0 Å². The van der Waals surface area contributed by atoms with Gasteiger partial charge in [-0.3, -0.25) is 9.10 Å². The number of carbonyl (C=O) groups excluding carboxylic acids is 1. The molecule has 0 rings (SSSR count). The summed E-state index contributed by atoms with van der Waals surface area (Å²) in [6.45, 7) is 0.734. The van der Waals surface area contributed by atoms with Crippen molar-refractivity contribution in [3.05, 3.63) is 0 Å². The number of hydrogen-bond acceptors (Lipinski definition) is 5. The standard InChI is InChI=1S/C8H18N2O2S/c1-10(2)13-7-3-4-8(11)12-6-5-9/h3-7,9H2,1-2H3. The highest BCUT2D eigenvalue weighted by atomic mass is 32.2. The van der Waals surface area contributed by atoms with E-state index in [1.807, 2.05) is 18.4 Å². The fourth-order valence-electron chi connectivity index (χ4n) is 0.709. The van der Waals surface area contributed by atoms with Crippen molar-refractivity contribution in [1.29, 1.82) is 0 Å². The number of hydrogen-bond donors (Lipinski definition) is 1. The minimum Gasteiger partial charge on any atom is -0.464 e. The van der Waals surface area contributed by atoms with Crippen LogP contribution in [0, 0.1) is 0 Å². The number of carbonyl (C=O) groups is 1. The molecule has 5 heteroatoms. The molecule has 4 nitrogen and oxygen atoms in total. The summed E-state index contributed by atoms with van der Waals surface area (Å²) in [5, 5.41) is 0. The number of ether oxygens (including phenoxy) is 1. The minimum atomic E-state index is -0.148. The number of nitrogens with zero attached hydrogens (tertiary/aromatic N) is 1. The SMILES string of the molecule is CN(C)SCCCC(=O)OCCN. The summed E-state index contributed by atoms with van der Waals surface area (Å²) in [4.78, 5) is 10.9. The molecule has 0 aromatic carbocycles. The van der Waals surface area contributed by atoms with Crippen LogP contribution in [0.15, 0.2) is 0 Å². The molecule has 0 heterocycles. The fraction of sp³-hybridized carbons (Fsp3) is 0.875. The van der Waals surface area contributed by atoms with Gasteiger partial charge in [-0.2, -0.15) is 0 Å². The van der Waals surface area contributed by atoms with Gasteiger partial charge >= 0.3 is 5.97 Å². The lowest BCUT2D eigenvalue weighted by atomic mass is 10.3. The van der Waals surface area contributed by atoms with Gasteiger partial charge in [0.25, 0.3) is 0 Å². The average Bonchev–Trinajstić information content (AvgIpc) is 2.08. The van der Waals surface area contributed by atoms with Crippen LogP contribution in [0.1, 0.15) is 12.8 Å². The predicted octanol–water partition coefficient (Wildman–Crippen LogP) is 0.478. The molecular weight excluding hydrogens is 188 g/mol. The van der Waals surface area contributed by atoms with Crippen molar-refractivity contribution in [3.8, 4) is 0 Å². The summed E-state index contributed by atoms with van der Waals surface area (Å²) in [6, 6.07) is 0. The van der Waals surface area contributed by atoms with Gasteiger partial charge in [-0.1, -0.05) is 11.9 Å². The maximum absolute atomic E-state index is 10.9. The maximum Gasteiger partial charge on any atom is 0.305 e. The van der Waals surface area contributed by atoms with Crippen molar-refractivity contribution in [2.45, 2.75) is 12.8 Å². The molecule has 0 atom stereocenters. The smallest absolute Gasteiger partial charge is 0.305 e. The molecular formula is C8H18N2O2S. The summed E-state index contributed by atoms with van der Waals surface area (Å²) in [5.41, 5.74) is 5.18. The van der Waals surface area contributed by atoms with Crippen molar-refractivity contribution in [3.63, 3.8) is 0 Å². The van der Waals surface area contributed by atoms with E-state index in [4.69, 9.17) is 10.5 Å². The Morgan fingerprint density at radius 1 is 1.54 bits per heavy atom. The Bertz CT molecular complexity index is 142. The summed E-state index contributed by atoms with van der Waals surface area (Å²) < 4.78 is 6.83. The summed E-state index contributed by atoms with van der Waals surface area (Å²) in [7, 11) is 3.97. The van der Waals surface area contributed by atoms with Crippen molar-refractivity contribution in [2.24, 2.45) is 5.73 Å². The van der Waals surface area contributed by atoms with E-state index < -0.39 is 0 Å². The van der Waals surface area contributed by atoms with Crippen molar-refractivity contribution in [1.82, 2.24) is 4.31 Å². The third-order valence-electron chi connectivity index (χ3n) is 1.26. The van der Waals surface area contributed by atoms with Crippen LogP contribution in [-0.2, 0) is 9.53 Å². The summed E-state index contributed by atoms with van der Waals surface area (Å²) in [6.07, 6.45) is 1.34. The first-order valence-corrected chi connectivity index (χ1v) is 5.27. The zero-order valence-electron chi connectivity index (χ0n) is 8.28. The Hall–Kier alpha value is -0.260. The first-order valence-electron chi connectivity index (χ1n) is 4.32. The third kappa shape index (κ3) is 9.66. The van der Waals surface area contributed by atoms with Crippen LogP contribution in [0.2, 0.25) is 0 Å². The first kappa shape index (κ1) is 12.7. The monoisotopic (exact) mass is 206 g/mol. The first-order chi connectivity index (χ1) is 6.16. The Balaban J connectivity index is 3.17. The van der Waals surface area contributed by atoms with Gasteiger partial charge < -0.3 is 10.5 Å². The number of nitrogens with two attached hydrogens (primary N) is 1. The Morgan fingerprint density at radius 3 is 2.77 bits per heavy atom. The highest BCUT2D eigenvalue weighted by Gasteiger charge is 2.01. The molecule has 0 bridgehead atoms. The van der Waals surface area contributed by atoms with Gasteiger partial charge in [0.1, 0.15) is 6.61 Å². The zero-order chi connectivity index (χ0) is 10.1. The number of esters is 1. The van der Waals surface area contributed by atoms with Gasteiger partial charge in [-0.05, 0) is 20.5 Å². The van der Waals surface area contributed by atoms with Crippen molar-refractivity contribution in [2.75, 3.05) is 33.0 Å². The zero-order valence-corrected chi connectivity index (χ0v) is 9.10. The lowest BCUT2D eigenvalue weighted by Crippen LogP contribution is -2.13. The molecule has 0 radical (unpaired) electrons. The van der Waals surface area contributed by atoms with E-state index in [1.54, 1.807) is 11.9 Å². The molecule has 2 N–H and O–H groups in total. The summed E-state index contributed by atoms with van der Waals surface area (Å²) >= 11 is 1.70. The maximum atomic E-state index is 10.9. The fourth-order valence-corrected chi connectivity index (χ4v) is 1.35. The van der Waals surface area contributed by atoms with Crippen LogP contribution in [0.4, 0.5) is 0 Å². The van der Waals surface area contributed by atoms with E-state index in [2.05, 4.69) is 0 Å². The van der Waals surface area contributed by atoms with Crippen molar-refractivity contribution < 1.29 is 9.53 Å². The van der Waals surface area contributed by atoms with Crippen LogP contribution in [0.25, 0.3) is 0 Å². The highest BCUT2D eigenvalue weighted by Crippen LogP contribution is 2.06. The van der Waals surface area contributed by atoms with Gasteiger partial charge in [0.2, 0.25) is 0 Å². The Morgan fingerprint density at radius 2 is 2.23 bits per heavy atom. The lowest BCUT2D eigenvalue weighted by molar-refractivity contribution is -0.143. The molecule has 0 saturated carbocycles. The third-order valence-corrected chi connectivity index (χ3v) is 2.24. The van der Waals surface area contributed by atoms with Crippen LogP contribution in [0.5, 0.6) is 0 Å². The minimum absolute atomic E-state index is 0.148. The molecule has 0 unspecified atom stereocenters. The molecule has 0 aliphatic heterocycles. The molecule has 0 spiro atoms. The van der Waals surface area contributed by atoms with E-state index in [9.17, 15) is 4.79 Å². The number of rotatable bonds is 7. The van der Waals surface area contributed by atoms with E-state index in [-0.39, 0.29) is 5.97 Å². The lowest BCUT2D eigenvalue weighted by Gasteiger charge is -2.07. The van der Waals surface area contributed by atoms with Crippen molar-refractivity contribution >= 4 is 17.9 Å². The van der Waals surface area contributed by atoms with E-state index in [0.717, 1.165) is 12.2 Å². The molecule has 0 fully saturated rings. The molecule has 13 heavy (non-hydrogen) atoms. The van der Waals surface area contributed by atoms with Crippen LogP contribution >= 0.6 is 11.9 Å². The molecule has 0 aliphatic carbocycles. The van der Waals surface area contributed by atoms with E-state index >= 15 is 0 Å². The molecule has 0 aromatic heterocycles. The van der Waals surface area contributed by atoms with E-state index in [0.29, 0.717) is 19.6 Å². The topological polar surface area (TPSA) is 55.6 Å². The van der Waals surface area contributed by atoms with Crippen LogP contribution < -0.4 is 5.73 Å². The van der Waals surface area contributed by atoms with Crippen LogP contribution in [-0.4, -0.2) is 43.3 Å². The second kappa shape index (κ2) is 8.34. The highest BCUT2D eigenvalue weighted by molar-refractivity contribution is 7.96. The molecule has 0 aliphatic rings. The van der Waals surface area contributed by atoms with E-state index in [1.165, 1.54) is 0 Å². The second-order valence-electron chi connectivity index (χ2n) is 2.76. The predicted molar refractivity (Wildman–Crippen MR) is 55.4 cm³/mol. The van der Waals surface area contributed by atoms with Crippen LogP contribution in [0.3, 0.4) is 0 Å².